The Morgan fingerprint density at radius 2 is 1.79 bits per heavy atom. The average Bonchev–Trinajstić information content (AvgIpc) is 2.38. The highest BCUT2D eigenvalue weighted by Gasteiger charge is 2.15. The Kier molecular flexibility index (Phi) is 6.45. The van der Waals surface area contributed by atoms with Gasteiger partial charge in [0.15, 0.2) is 0 Å². The van der Waals surface area contributed by atoms with Crippen LogP contribution in [0.2, 0.25) is 0 Å². The molecule has 1 aromatic rings. The summed E-state index contributed by atoms with van der Waals surface area (Å²) in [6.45, 7) is 8.32. The van der Waals surface area contributed by atoms with Gasteiger partial charge in [-0.2, -0.15) is 0 Å². The minimum atomic E-state index is 0.00544. The average molecular weight is 266 g/mol. The Balaban J connectivity index is 2.61. The standard InChI is InChI=1S/C15H26N2O2/c1-15(2,3)13-7-5-12(6-8-13)14(17-16)11-19-10-9-18-4/h5-8,14,17H,9-11,16H2,1-4H3. The molecule has 0 saturated heterocycles. The van der Waals surface area contributed by atoms with Crippen LogP contribution in [0.3, 0.4) is 0 Å². The number of hydrogen-bond acceptors (Lipinski definition) is 4. The lowest BCUT2D eigenvalue weighted by Crippen LogP contribution is -2.31. The van der Waals surface area contributed by atoms with Gasteiger partial charge in [-0.3, -0.25) is 11.3 Å². The molecule has 1 rings (SSSR count). The van der Waals surface area contributed by atoms with Gasteiger partial charge in [-0.1, -0.05) is 45.0 Å². The first kappa shape index (κ1) is 16.1. The third-order valence-electron chi connectivity index (χ3n) is 3.10. The number of hydrogen-bond donors (Lipinski definition) is 2. The molecule has 4 nitrogen and oxygen atoms in total. The molecule has 0 aliphatic heterocycles. The minimum Gasteiger partial charge on any atom is -0.382 e. The van der Waals surface area contributed by atoms with Gasteiger partial charge in [0.2, 0.25) is 0 Å². The number of nitrogens with one attached hydrogen (secondary N) is 1. The smallest absolute Gasteiger partial charge is 0.0701 e. The summed E-state index contributed by atoms with van der Waals surface area (Å²) in [6.07, 6.45) is 0. The van der Waals surface area contributed by atoms with Gasteiger partial charge in [-0.25, -0.2) is 0 Å². The molecule has 0 heterocycles. The molecule has 0 radical (unpaired) electrons. The van der Waals surface area contributed by atoms with E-state index in [-0.39, 0.29) is 11.5 Å². The molecule has 0 amide bonds. The first-order chi connectivity index (χ1) is 8.99. The summed E-state index contributed by atoms with van der Waals surface area (Å²) in [5, 5.41) is 0. The molecule has 1 unspecified atom stereocenters. The second kappa shape index (κ2) is 7.60. The van der Waals surface area contributed by atoms with Crippen LogP contribution >= 0.6 is 0 Å². The third-order valence-corrected chi connectivity index (χ3v) is 3.10. The van der Waals surface area contributed by atoms with Crippen molar-refractivity contribution in [3.8, 4) is 0 Å². The van der Waals surface area contributed by atoms with Crippen molar-refractivity contribution in [1.82, 2.24) is 5.43 Å². The first-order valence-corrected chi connectivity index (χ1v) is 6.62. The van der Waals surface area contributed by atoms with Crippen molar-refractivity contribution in [2.75, 3.05) is 26.9 Å². The summed E-state index contributed by atoms with van der Waals surface area (Å²) in [5.74, 6) is 5.58. The first-order valence-electron chi connectivity index (χ1n) is 6.62. The summed E-state index contributed by atoms with van der Waals surface area (Å²) < 4.78 is 10.5. The van der Waals surface area contributed by atoms with Gasteiger partial charge in [0, 0.05) is 7.11 Å². The van der Waals surface area contributed by atoms with E-state index in [4.69, 9.17) is 15.3 Å². The van der Waals surface area contributed by atoms with E-state index < -0.39 is 0 Å². The van der Waals surface area contributed by atoms with Gasteiger partial charge >= 0.3 is 0 Å². The molecule has 0 spiro atoms. The minimum absolute atomic E-state index is 0.00544. The van der Waals surface area contributed by atoms with Gasteiger partial charge in [-0.15, -0.1) is 0 Å². The van der Waals surface area contributed by atoms with Crippen LogP contribution in [0.15, 0.2) is 24.3 Å². The summed E-state index contributed by atoms with van der Waals surface area (Å²) >= 11 is 0. The van der Waals surface area contributed by atoms with E-state index in [0.29, 0.717) is 19.8 Å². The van der Waals surface area contributed by atoms with Gasteiger partial charge in [0.05, 0.1) is 25.9 Å². The van der Waals surface area contributed by atoms with Crippen LogP contribution in [0.4, 0.5) is 0 Å². The second-order valence-electron chi connectivity index (χ2n) is 5.66. The molecule has 108 valence electrons. The monoisotopic (exact) mass is 266 g/mol. The normalized spacial score (nSPS) is 13.5. The largest absolute Gasteiger partial charge is 0.382 e. The van der Waals surface area contributed by atoms with Crippen molar-refractivity contribution in [2.45, 2.75) is 32.2 Å². The Morgan fingerprint density at radius 1 is 1.16 bits per heavy atom. The van der Waals surface area contributed by atoms with Crippen molar-refractivity contribution in [3.05, 3.63) is 35.4 Å². The molecular weight excluding hydrogens is 240 g/mol. The molecule has 0 bridgehead atoms. The molecule has 0 saturated carbocycles. The lowest BCUT2D eigenvalue weighted by molar-refractivity contribution is 0.0586. The lowest BCUT2D eigenvalue weighted by Gasteiger charge is -2.21. The highest BCUT2D eigenvalue weighted by atomic mass is 16.5. The summed E-state index contributed by atoms with van der Waals surface area (Å²) in [6, 6.07) is 8.50. The van der Waals surface area contributed by atoms with E-state index in [2.05, 4.69) is 50.5 Å². The predicted octanol–water partition coefficient (Wildman–Crippen LogP) is 2.15. The summed E-state index contributed by atoms with van der Waals surface area (Å²) in [7, 11) is 1.66. The van der Waals surface area contributed by atoms with E-state index >= 15 is 0 Å². The van der Waals surface area contributed by atoms with E-state index in [1.54, 1.807) is 7.11 Å². The molecule has 19 heavy (non-hydrogen) atoms. The number of nitrogens with two attached hydrogens (primary N) is 1. The number of rotatable bonds is 7. The molecule has 1 atom stereocenters. The SMILES string of the molecule is COCCOCC(NN)c1ccc(C(C)(C)C)cc1. The van der Waals surface area contributed by atoms with E-state index in [1.165, 1.54) is 5.56 Å². The van der Waals surface area contributed by atoms with Crippen LogP contribution in [-0.2, 0) is 14.9 Å². The Bertz CT molecular complexity index is 357. The van der Waals surface area contributed by atoms with Crippen molar-refractivity contribution in [2.24, 2.45) is 5.84 Å². The van der Waals surface area contributed by atoms with Crippen molar-refractivity contribution in [3.63, 3.8) is 0 Å². The Labute approximate surface area is 116 Å². The van der Waals surface area contributed by atoms with Crippen LogP contribution in [0.1, 0.15) is 37.9 Å². The van der Waals surface area contributed by atoms with E-state index in [1.807, 2.05) is 0 Å². The highest BCUT2D eigenvalue weighted by molar-refractivity contribution is 5.29. The molecule has 1 aromatic carbocycles. The van der Waals surface area contributed by atoms with E-state index in [0.717, 1.165) is 5.56 Å². The zero-order valence-corrected chi connectivity index (χ0v) is 12.4. The maximum atomic E-state index is 5.58. The van der Waals surface area contributed by atoms with Gasteiger partial charge in [0.25, 0.3) is 0 Å². The van der Waals surface area contributed by atoms with Crippen molar-refractivity contribution < 1.29 is 9.47 Å². The second-order valence-corrected chi connectivity index (χ2v) is 5.66. The van der Waals surface area contributed by atoms with Gasteiger partial charge in [0.1, 0.15) is 0 Å². The van der Waals surface area contributed by atoms with Crippen LogP contribution in [-0.4, -0.2) is 26.9 Å². The predicted molar refractivity (Wildman–Crippen MR) is 77.9 cm³/mol. The molecular formula is C15H26N2O2. The zero-order valence-electron chi connectivity index (χ0n) is 12.4. The van der Waals surface area contributed by atoms with Crippen LogP contribution < -0.4 is 11.3 Å². The van der Waals surface area contributed by atoms with Crippen LogP contribution in [0.25, 0.3) is 0 Å². The molecule has 0 aliphatic rings. The Morgan fingerprint density at radius 3 is 2.26 bits per heavy atom. The summed E-state index contributed by atoms with van der Waals surface area (Å²) in [4.78, 5) is 0. The molecule has 3 N–H and O–H groups in total. The fourth-order valence-electron chi connectivity index (χ4n) is 1.80. The zero-order chi connectivity index (χ0) is 14.3. The Hall–Kier alpha value is -0.940. The molecule has 4 heteroatoms. The van der Waals surface area contributed by atoms with Crippen LogP contribution in [0.5, 0.6) is 0 Å². The van der Waals surface area contributed by atoms with Crippen molar-refractivity contribution in [1.29, 1.82) is 0 Å². The molecule has 0 aliphatic carbocycles. The lowest BCUT2D eigenvalue weighted by atomic mass is 9.86. The third kappa shape index (κ3) is 5.28. The number of methoxy groups -OCH3 is 1. The van der Waals surface area contributed by atoms with Gasteiger partial charge in [-0.05, 0) is 16.5 Å². The topological polar surface area (TPSA) is 56.5 Å². The number of benzene rings is 1. The quantitative estimate of drug-likeness (QED) is 0.451. The highest BCUT2D eigenvalue weighted by Crippen LogP contribution is 2.23. The fourth-order valence-corrected chi connectivity index (χ4v) is 1.80. The van der Waals surface area contributed by atoms with E-state index in [9.17, 15) is 0 Å². The molecule has 0 fully saturated rings. The fraction of sp³-hybridized carbons (Fsp3) is 0.600. The number of ether oxygens (including phenoxy) is 2. The maximum absolute atomic E-state index is 5.58. The molecule has 0 aromatic heterocycles. The van der Waals surface area contributed by atoms with Gasteiger partial charge < -0.3 is 9.47 Å². The van der Waals surface area contributed by atoms with Crippen LogP contribution in [0, 0.1) is 0 Å². The maximum Gasteiger partial charge on any atom is 0.0701 e. The summed E-state index contributed by atoms with van der Waals surface area (Å²) in [5.41, 5.74) is 5.40. The number of hydrazine groups is 1. The van der Waals surface area contributed by atoms with Crippen molar-refractivity contribution >= 4 is 0 Å².